The van der Waals surface area contributed by atoms with Gasteiger partial charge in [0.25, 0.3) is 0 Å². The molecule has 0 radical (unpaired) electrons. The van der Waals surface area contributed by atoms with Crippen molar-refractivity contribution in [2.45, 2.75) is 59.0 Å². The van der Waals surface area contributed by atoms with E-state index in [0.717, 1.165) is 17.7 Å². The first-order valence-electron chi connectivity index (χ1n) is 6.97. The summed E-state index contributed by atoms with van der Waals surface area (Å²) in [5.41, 5.74) is 1.75. The van der Waals surface area contributed by atoms with Gasteiger partial charge in [0.05, 0.1) is 13.2 Å². The smallest absolute Gasteiger partial charge is 0.213 e. The van der Waals surface area contributed by atoms with Gasteiger partial charge in [-0.2, -0.15) is 0 Å². The Balaban J connectivity index is 2.20. The number of aliphatic hydroxyl groups excluding tert-OH is 1. The highest BCUT2D eigenvalue weighted by Gasteiger charge is 2.00. The zero-order valence-corrected chi connectivity index (χ0v) is 11.6. The standard InChI is InChI=1S/C15H25NO2/c1-3-4-5-6-7-8-9-18-15-11-14(12-17)10-13(2)16-15/h10-11,17H,3-9,12H2,1-2H3. The lowest BCUT2D eigenvalue weighted by Gasteiger charge is -2.07. The Morgan fingerprint density at radius 2 is 1.83 bits per heavy atom. The number of hydrogen-bond acceptors (Lipinski definition) is 3. The van der Waals surface area contributed by atoms with Crippen LogP contribution < -0.4 is 4.74 Å². The van der Waals surface area contributed by atoms with Crippen LogP contribution >= 0.6 is 0 Å². The van der Waals surface area contributed by atoms with Crippen molar-refractivity contribution in [3.05, 3.63) is 23.4 Å². The number of hydrogen-bond donors (Lipinski definition) is 1. The van der Waals surface area contributed by atoms with E-state index < -0.39 is 0 Å². The first-order valence-corrected chi connectivity index (χ1v) is 6.97. The molecule has 1 N–H and O–H groups in total. The molecule has 0 saturated heterocycles. The average Bonchev–Trinajstić information content (AvgIpc) is 2.37. The van der Waals surface area contributed by atoms with E-state index in [2.05, 4.69) is 11.9 Å². The Morgan fingerprint density at radius 1 is 1.11 bits per heavy atom. The fourth-order valence-corrected chi connectivity index (χ4v) is 1.93. The van der Waals surface area contributed by atoms with Crippen LogP contribution in [0, 0.1) is 6.92 Å². The monoisotopic (exact) mass is 251 g/mol. The molecule has 0 bridgehead atoms. The molecule has 1 rings (SSSR count). The zero-order chi connectivity index (χ0) is 13.2. The number of aryl methyl sites for hydroxylation is 1. The molecule has 18 heavy (non-hydrogen) atoms. The van der Waals surface area contributed by atoms with Gasteiger partial charge < -0.3 is 9.84 Å². The highest BCUT2D eigenvalue weighted by Crippen LogP contribution is 2.13. The van der Waals surface area contributed by atoms with Crippen LogP contribution in [0.1, 0.15) is 56.7 Å². The van der Waals surface area contributed by atoms with Crippen molar-refractivity contribution < 1.29 is 9.84 Å². The molecule has 0 aliphatic rings. The number of aliphatic hydroxyl groups is 1. The molecule has 1 aromatic rings. The second-order valence-corrected chi connectivity index (χ2v) is 4.73. The molecule has 3 nitrogen and oxygen atoms in total. The molecular weight excluding hydrogens is 226 g/mol. The van der Waals surface area contributed by atoms with E-state index >= 15 is 0 Å². The molecule has 0 amide bonds. The summed E-state index contributed by atoms with van der Waals surface area (Å²) in [6.45, 7) is 4.90. The number of rotatable bonds is 9. The molecule has 0 atom stereocenters. The molecule has 3 heteroatoms. The molecule has 0 saturated carbocycles. The highest BCUT2D eigenvalue weighted by molar-refractivity contribution is 5.23. The summed E-state index contributed by atoms with van der Waals surface area (Å²) in [6.07, 6.45) is 7.54. The summed E-state index contributed by atoms with van der Waals surface area (Å²) in [5, 5.41) is 9.10. The van der Waals surface area contributed by atoms with E-state index in [1.54, 1.807) is 0 Å². The predicted octanol–water partition coefficient (Wildman–Crippen LogP) is 3.62. The van der Waals surface area contributed by atoms with Crippen molar-refractivity contribution in [3.8, 4) is 5.88 Å². The van der Waals surface area contributed by atoms with Gasteiger partial charge >= 0.3 is 0 Å². The van der Waals surface area contributed by atoms with E-state index in [4.69, 9.17) is 9.84 Å². The Kier molecular flexibility index (Phi) is 7.42. The van der Waals surface area contributed by atoms with Crippen molar-refractivity contribution in [1.29, 1.82) is 0 Å². The first kappa shape index (κ1) is 15.0. The second-order valence-electron chi connectivity index (χ2n) is 4.73. The second kappa shape index (κ2) is 8.92. The summed E-state index contributed by atoms with van der Waals surface area (Å²) in [7, 11) is 0. The van der Waals surface area contributed by atoms with Crippen LogP contribution in [0.15, 0.2) is 12.1 Å². The fourth-order valence-electron chi connectivity index (χ4n) is 1.93. The van der Waals surface area contributed by atoms with E-state index in [9.17, 15) is 0 Å². The summed E-state index contributed by atoms with van der Waals surface area (Å²) >= 11 is 0. The maximum atomic E-state index is 9.10. The summed E-state index contributed by atoms with van der Waals surface area (Å²) in [6, 6.07) is 3.68. The minimum absolute atomic E-state index is 0.0384. The van der Waals surface area contributed by atoms with Gasteiger partial charge in [0.1, 0.15) is 0 Å². The van der Waals surface area contributed by atoms with Gasteiger partial charge in [-0.25, -0.2) is 4.98 Å². The van der Waals surface area contributed by atoms with E-state index in [1.165, 1.54) is 32.1 Å². The highest BCUT2D eigenvalue weighted by atomic mass is 16.5. The molecule has 1 heterocycles. The van der Waals surface area contributed by atoms with Crippen LogP contribution in [0.5, 0.6) is 5.88 Å². The third kappa shape index (κ3) is 6.01. The van der Waals surface area contributed by atoms with E-state index in [-0.39, 0.29) is 6.61 Å². The minimum atomic E-state index is 0.0384. The van der Waals surface area contributed by atoms with Crippen molar-refractivity contribution >= 4 is 0 Å². The lowest BCUT2D eigenvalue weighted by molar-refractivity contribution is 0.274. The quantitative estimate of drug-likeness (QED) is 0.682. The molecule has 0 aliphatic heterocycles. The van der Waals surface area contributed by atoms with Crippen molar-refractivity contribution in [2.24, 2.45) is 0 Å². The van der Waals surface area contributed by atoms with Crippen LogP contribution in [0.25, 0.3) is 0 Å². The molecular formula is C15H25NO2. The largest absolute Gasteiger partial charge is 0.478 e. The molecule has 0 aliphatic carbocycles. The molecule has 0 spiro atoms. The average molecular weight is 251 g/mol. The first-order chi connectivity index (χ1) is 8.76. The number of pyridine rings is 1. The van der Waals surface area contributed by atoms with Crippen LogP contribution in [0.2, 0.25) is 0 Å². The Labute approximate surface area is 110 Å². The fraction of sp³-hybridized carbons (Fsp3) is 0.667. The molecule has 0 aromatic carbocycles. The van der Waals surface area contributed by atoms with Gasteiger partial charge in [-0.15, -0.1) is 0 Å². The lowest BCUT2D eigenvalue weighted by Crippen LogP contribution is -2.01. The Hall–Kier alpha value is -1.09. The zero-order valence-electron chi connectivity index (χ0n) is 11.6. The number of ether oxygens (including phenoxy) is 1. The maximum Gasteiger partial charge on any atom is 0.213 e. The van der Waals surface area contributed by atoms with Gasteiger partial charge in [0.15, 0.2) is 0 Å². The van der Waals surface area contributed by atoms with Crippen LogP contribution in [-0.2, 0) is 6.61 Å². The molecule has 0 fully saturated rings. The topological polar surface area (TPSA) is 42.4 Å². The van der Waals surface area contributed by atoms with E-state index in [1.807, 2.05) is 19.1 Å². The SMILES string of the molecule is CCCCCCCCOc1cc(CO)cc(C)n1. The molecule has 102 valence electrons. The Bertz CT molecular complexity index is 339. The van der Waals surface area contributed by atoms with Gasteiger partial charge in [-0.05, 0) is 25.0 Å². The number of nitrogens with zero attached hydrogens (tertiary/aromatic N) is 1. The van der Waals surface area contributed by atoms with E-state index in [0.29, 0.717) is 12.5 Å². The predicted molar refractivity (Wildman–Crippen MR) is 73.8 cm³/mol. The summed E-state index contributed by atoms with van der Waals surface area (Å²) in [4.78, 5) is 4.30. The lowest BCUT2D eigenvalue weighted by atomic mass is 10.1. The van der Waals surface area contributed by atoms with Crippen molar-refractivity contribution in [1.82, 2.24) is 4.98 Å². The van der Waals surface area contributed by atoms with Crippen molar-refractivity contribution in [2.75, 3.05) is 6.61 Å². The maximum absolute atomic E-state index is 9.10. The van der Waals surface area contributed by atoms with Crippen LogP contribution in [-0.4, -0.2) is 16.7 Å². The number of aromatic nitrogens is 1. The van der Waals surface area contributed by atoms with Crippen LogP contribution in [0.3, 0.4) is 0 Å². The summed E-state index contributed by atoms with van der Waals surface area (Å²) < 4.78 is 5.61. The molecule has 1 aromatic heterocycles. The van der Waals surface area contributed by atoms with Gasteiger partial charge in [0, 0.05) is 11.8 Å². The minimum Gasteiger partial charge on any atom is -0.478 e. The third-order valence-corrected chi connectivity index (χ3v) is 2.92. The Morgan fingerprint density at radius 3 is 2.56 bits per heavy atom. The normalized spacial score (nSPS) is 10.6. The van der Waals surface area contributed by atoms with Gasteiger partial charge in [0.2, 0.25) is 5.88 Å². The van der Waals surface area contributed by atoms with Crippen molar-refractivity contribution in [3.63, 3.8) is 0 Å². The molecule has 0 unspecified atom stereocenters. The third-order valence-electron chi connectivity index (χ3n) is 2.92. The van der Waals surface area contributed by atoms with Gasteiger partial charge in [-0.1, -0.05) is 39.0 Å². The summed E-state index contributed by atoms with van der Waals surface area (Å²) in [5.74, 6) is 0.632. The van der Waals surface area contributed by atoms with Crippen LogP contribution in [0.4, 0.5) is 0 Å². The van der Waals surface area contributed by atoms with Gasteiger partial charge in [-0.3, -0.25) is 0 Å². The number of unbranched alkanes of at least 4 members (excludes halogenated alkanes) is 5.